The minimum Gasteiger partial charge on any atom is -0.481 e. The largest absolute Gasteiger partial charge is 0.481 e. The maximum Gasteiger partial charge on any atom is 0.313 e. The Morgan fingerprint density at radius 1 is 1.33 bits per heavy atom. The summed E-state index contributed by atoms with van der Waals surface area (Å²) in [6, 6.07) is 0. The van der Waals surface area contributed by atoms with Crippen molar-refractivity contribution in [1.29, 1.82) is 0 Å². The predicted molar refractivity (Wildman–Crippen MR) is 45.1 cm³/mol. The molecule has 0 heterocycles. The van der Waals surface area contributed by atoms with Gasteiger partial charge in [-0.3, -0.25) is 9.59 Å². The summed E-state index contributed by atoms with van der Waals surface area (Å²) in [5, 5.41) is 18.9. The Balaban J connectivity index is 3.25. The topological polar surface area (TPSA) is 86.6 Å². The van der Waals surface area contributed by atoms with E-state index in [9.17, 15) is 9.59 Å². The highest BCUT2D eigenvalue weighted by atomic mass is 32.2. The third-order valence-corrected chi connectivity index (χ3v) is 1.81. The van der Waals surface area contributed by atoms with Crippen LogP contribution in [-0.4, -0.2) is 46.7 Å². The van der Waals surface area contributed by atoms with Gasteiger partial charge >= 0.3 is 5.97 Å². The van der Waals surface area contributed by atoms with E-state index in [1.54, 1.807) is 0 Å². The zero-order valence-corrected chi connectivity index (χ0v) is 7.26. The molecule has 3 N–H and O–H groups in total. The highest BCUT2D eigenvalue weighted by Gasteiger charge is 2.02. The fourth-order valence-electron chi connectivity index (χ4n) is 0.477. The number of aliphatic hydroxyl groups is 1. The van der Waals surface area contributed by atoms with Crippen LogP contribution in [0, 0.1) is 0 Å². The van der Waals surface area contributed by atoms with Gasteiger partial charge in [-0.2, -0.15) is 0 Å². The number of aliphatic carboxylic acids is 1. The first-order chi connectivity index (χ1) is 5.66. The van der Waals surface area contributed by atoms with Crippen molar-refractivity contribution >= 4 is 23.6 Å². The quantitative estimate of drug-likeness (QED) is 0.499. The summed E-state index contributed by atoms with van der Waals surface area (Å²) in [5.41, 5.74) is 0. The van der Waals surface area contributed by atoms with Crippen molar-refractivity contribution in [1.82, 2.24) is 5.32 Å². The molecule has 6 heteroatoms. The Kier molecular flexibility index (Phi) is 6.50. The maximum atomic E-state index is 10.7. The van der Waals surface area contributed by atoms with E-state index < -0.39 is 5.97 Å². The monoisotopic (exact) mass is 193 g/mol. The second kappa shape index (κ2) is 6.93. The van der Waals surface area contributed by atoms with Crippen LogP contribution >= 0.6 is 11.8 Å². The van der Waals surface area contributed by atoms with Crippen molar-refractivity contribution in [2.75, 3.05) is 24.7 Å². The van der Waals surface area contributed by atoms with E-state index in [4.69, 9.17) is 10.2 Å². The van der Waals surface area contributed by atoms with Gasteiger partial charge in [0.05, 0.1) is 18.1 Å². The molecule has 0 aromatic carbocycles. The number of nitrogens with one attached hydrogen (secondary N) is 1. The van der Waals surface area contributed by atoms with E-state index in [1.165, 1.54) is 0 Å². The summed E-state index contributed by atoms with van der Waals surface area (Å²) in [4.78, 5) is 20.7. The number of thioether (sulfide) groups is 1. The second-order valence-corrected chi connectivity index (χ2v) is 2.95. The van der Waals surface area contributed by atoms with Gasteiger partial charge in [-0.05, 0) is 0 Å². The molecule has 0 aliphatic rings. The lowest BCUT2D eigenvalue weighted by molar-refractivity contribution is -0.133. The van der Waals surface area contributed by atoms with E-state index in [2.05, 4.69) is 5.32 Å². The number of hydrogen-bond donors (Lipinski definition) is 3. The van der Waals surface area contributed by atoms with Crippen LogP contribution in [0.3, 0.4) is 0 Å². The van der Waals surface area contributed by atoms with Gasteiger partial charge in [-0.15, -0.1) is 11.8 Å². The van der Waals surface area contributed by atoms with E-state index in [0.717, 1.165) is 11.8 Å². The molecule has 0 aliphatic carbocycles. The Bertz CT molecular complexity index is 162. The van der Waals surface area contributed by atoms with Crippen LogP contribution in [-0.2, 0) is 9.59 Å². The summed E-state index contributed by atoms with van der Waals surface area (Å²) in [5.74, 6) is -1.15. The number of rotatable bonds is 6. The first kappa shape index (κ1) is 11.2. The molecule has 0 aliphatic heterocycles. The Hall–Kier alpha value is -0.750. The number of aliphatic hydroxyl groups excluding tert-OH is 1. The summed E-state index contributed by atoms with van der Waals surface area (Å²) < 4.78 is 0. The minimum atomic E-state index is -0.935. The normalized spacial score (nSPS) is 9.42. The van der Waals surface area contributed by atoms with Crippen LogP contribution in [0.2, 0.25) is 0 Å². The number of carbonyl (C=O) groups excluding carboxylic acids is 1. The van der Waals surface area contributed by atoms with E-state index >= 15 is 0 Å². The molecule has 0 bridgehead atoms. The maximum absolute atomic E-state index is 10.7. The van der Waals surface area contributed by atoms with Crippen LogP contribution in [0.4, 0.5) is 0 Å². The van der Waals surface area contributed by atoms with Gasteiger partial charge < -0.3 is 15.5 Å². The molecule has 5 nitrogen and oxygen atoms in total. The van der Waals surface area contributed by atoms with Gasteiger partial charge in [-0.25, -0.2) is 0 Å². The minimum absolute atomic E-state index is 0.0768. The van der Waals surface area contributed by atoms with Gasteiger partial charge in [0, 0.05) is 6.54 Å². The molecular weight excluding hydrogens is 182 g/mol. The van der Waals surface area contributed by atoms with Crippen LogP contribution in [0.1, 0.15) is 0 Å². The predicted octanol–water partition coefficient (Wildman–Crippen LogP) is -1.09. The molecule has 0 spiro atoms. The first-order valence-electron chi connectivity index (χ1n) is 3.34. The lowest BCUT2D eigenvalue weighted by Crippen LogP contribution is -2.28. The molecule has 12 heavy (non-hydrogen) atoms. The lowest BCUT2D eigenvalue weighted by atomic mass is 10.6. The molecule has 0 rings (SSSR count). The highest BCUT2D eigenvalue weighted by Crippen LogP contribution is 1.97. The van der Waals surface area contributed by atoms with Gasteiger partial charge in [0.15, 0.2) is 0 Å². The second-order valence-electron chi connectivity index (χ2n) is 1.96. The van der Waals surface area contributed by atoms with Gasteiger partial charge in [0.1, 0.15) is 0 Å². The van der Waals surface area contributed by atoms with Crippen LogP contribution in [0.15, 0.2) is 0 Å². The third-order valence-electron chi connectivity index (χ3n) is 0.893. The fourth-order valence-corrected chi connectivity index (χ4v) is 1.04. The SMILES string of the molecule is O=C(O)CSCC(=O)NCCO. The molecule has 70 valence electrons. The Morgan fingerprint density at radius 2 is 2.00 bits per heavy atom. The third kappa shape index (κ3) is 7.36. The number of carboxylic acid groups (broad SMARTS) is 1. The van der Waals surface area contributed by atoms with Crippen molar-refractivity contribution in [3.8, 4) is 0 Å². The molecule has 0 aromatic heterocycles. The molecule has 1 amide bonds. The molecule has 0 fully saturated rings. The molecule has 0 unspecified atom stereocenters. The molecule has 0 saturated carbocycles. The molecule has 0 saturated heterocycles. The van der Waals surface area contributed by atoms with Crippen molar-refractivity contribution in [2.24, 2.45) is 0 Å². The fraction of sp³-hybridized carbons (Fsp3) is 0.667. The van der Waals surface area contributed by atoms with E-state index in [1.807, 2.05) is 0 Å². The first-order valence-corrected chi connectivity index (χ1v) is 4.49. The molecular formula is C6H11NO4S. The summed E-state index contributed by atoms with van der Waals surface area (Å²) in [6.07, 6.45) is 0. The number of amides is 1. The van der Waals surface area contributed by atoms with Gasteiger partial charge in [0.25, 0.3) is 0 Å². The van der Waals surface area contributed by atoms with E-state index in [0.29, 0.717) is 0 Å². The summed E-state index contributed by atoms with van der Waals surface area (Å²) in [6.45, 7) is 0.113. The Morgan fingerprint density at radius 3 is 2.50 bits per heavy atom. The number of carboxylic acids is 1. The highest BCUT2D eigenvalue weighted by molar-refractivity contribution is 8.00. The van der Waals surface area contributed by atoms with Crippen LogP contribution in [0.25, 0.3) is 0 Å². The van der Waals surface area contributed by atoms with Gasteiger partial charge in [0.2, 0.25) is 5.91 Å². The van der Waals surface area contributed by atoms with Crippen LogP contribution in [0.5, 0.6) is 0 Å². The lowest BCUT2D eigenvalue weighted by Gasteiger charge is -2.00. The molecule has 0 radical (unpaired) electrons. The average Bonchev–Trinajstić information content (AvgIpc) is 2.00. The van der Waals surface area contributed by atoms with Crippen molar-refractivity contribution in [3.05, 3.63) is 0 Å². The van der Waals surface area contributed by atoms with Crippen LogP contribution < -0.4 is 5.32 Å². The summed E-state index contributed by atoms with van der Waals surface area (Å²) in [7, 11) is 0. The number of hydrogen-bond acceptors (Lipinski definition) is 4. The van der Waals surface area contributed by atoms with Gasteiger partial charge in [-0.1, -0.05) is 0 Å². The zero-order chi connectivity index (χ0) is 9.40. The van der Waals surface area contributed by atoms with Crippen molar-refractivity contribution in [3.63, 3.8) is 0 Å². The molecule has 0 aromatic rings. The van der Waals surface area contributed by atoms with Crippen molar-refractivity contribution < 1.29 is 19.8 Å². The smallest absolute Gasteiger partial charge is 0.313 e. The number of carbonyl (C=O) groups is 2. The average molecular weight is 193 g/mol. The molecule has 0 atom stereocenters. The standard InChI is InChI=1S/C6H11NO4S/c8-2-1-7-5(9)3-12-4-6(10)11/h8H,1-4H2,(H,7,9)(H,10,11). The summed E-state index contributed by atoms with van der Waals surface area (Å²) >= 11 is 1.03. The van der Waals surface area contributed by atoms with E-state index in [-0.39, 0.29) is 30.6 Å². The zero-order valence-electron chi connectivity index (χ0n) is 6.45. The van der Waals surface area contributed by atoms with Crippen molar-refractivity contribution in [2.45, 2.75) is 0 Å². The Labute approximate surface area is 74.1 Å².